The SMILES string of the molecule is CC(C)NCc1c(Cl)ccc(S(=O)(=O)N(C)C(C)C)c1Cl. The van der Waals surface area contributed by atoms with Gasteiger partial charge in [-0.2, -0.15) is 4.31 Å². The van der Waals surface area contributed by atoms with Crippen LogP contribution < -0.4 is 5.32 Å². The minimum atomic E-state index is -3.63. The van der Waals surface area contributed by atoms with Gasteiger partial charge < -0.3 is 5.32 Å². The molecule has 0 saturated carbocycles. The first-order valence-corrected chi connectivity index (χ1v) is 8.97. The molecule has 0 aromatic heterocycles. The van der Waals surface area contributed by atoms with Crippen molar-refractivity contribution in [1.82, 2.24) is 9.62 Å². The van der Waals surface area contributed by atoms with E-state index in [2.05, 4.69) is 5.32 Å². The molecule has 0 saturated heterocycles. The van der Waals surface area contributed by atoms with Gasteiger partial charge in [0, 0.05) is 36.3 Å². The number of halogens is 2. The van der Waals surface area contributed by atoms with E-state index in [0.717, 1.165) is 0 Å². The molecular weight excluding hydrogens is 331 g/mol. The summed E-state index contributed by atoms with van der Waals surface area (Å²) >= 11 is 12.4. The average Bonchev–Trinajstić information content (AvgIpc) is 2.36. The van der Waals surface area contributed by atoms with Crippen LogP contribution in [0.2, 0.25) is 10.0 Å². The zero-order valence-electron chi connectivity index (χ0n) is 12.9. The van der Waals surface area contributed by atoms with Gasteiger partial charge in [0.05, 0.1) is 5.02 Å². The van der Waals surface area contributed by atoms with E-state index in [1.807, 2.05) is 27.7 Å². The summed E-state index contributed by atoms with van der Waals surface area (Å²) in [6, 6.07) is 3.12. The third kappa shape index (κ3) is 4.33. The van der Waals surface area contributed by atoms with Crippen molar-refractivity contribution in [3.8, 4) is 0 Å². The van der Waals surface area contributed by atoms with Crippen molar-refractivity contribution >= 4 is 33.2 Å². The van der Waals surface area contributed by atoms with Crippen LogP contribution in [0.4, 0.5) is 0 Å². The van der Waals surface area contributed by atoms with Crippen molar-refractivity contribution in [3.63, 3.8) is 0 Å². The summed E-state index contributed by atoms with van der Waals surface area (Å²) in [5, 5.41) is 3.84. The van der Waals surface area contributed by atoms with Gasteiger partial charge >= 0.3 is 0 Å². The van der Waals surface area contributed by atoms with Gasteiger partial charge in [-0.1, -0.05) is 37.0 Å². The molecule has 0 atom stereocenters. The maximum atomic E-state index is 12.6. The zero-order chi connectivity index (χ0) is 16.4. The van der Waals surface area contributed by atoms with Crippen LogP contribution in [0.25, 0.3) is 0 Å². The molecule has 4 nitrogen and oxygen atoms in total. The number of rotatable bonds is 6. The fourth-order valence-corrected chi connectivity index (χ4v) is 3.93. The summed E-state index contributed by atoms with van der Waals surface area (Å²) in [6.45, 7) is 8.03. The summed E-state index contributed by atoms with van der Waals surface area (Å²) < 4.78 is 26.4. The van der Waals surface area contributed by atoms with Crippen LogP contribution in [0.5, 0.6) is 0 Å². The first-order chi connectivity index (χ1) is 9.59. The Morgan fingerprint density at radius 1 is 1.19 bits per heavy atom. The highest BCUT2D eigenvalue weighted by molar-refractivity contribution is 7.89. The van der Waals surface area contributed by atoms with Gasteiger partial charge in [0.25, 0.3) is 0 Å². The van der Waals surface area contributed by atoms with Crippen LogP contribution in [0.15, 0.2) is 17.0 Å². The van der Waals surface area contributed by atoms with Crippen molar-refractivity contribution in [3.05, 3.63) is 27.7 Å². The molecule has 7 heteroatoms. The van der Waals surface area contributed by atoms with Crippen LogP contribution in [0.1, 0.15) is 33.3 Å². The Morgan fingerprint density at radius 3 is 2.24 bits per heavy atom. The molecule has 21 heavy (non-hydrogen) atoms. The molecule has 0 aliphatic carbocycles. The molecule has 0 bridgehead atoms. The summed E-state index contributed by atoms with van der Waals surface area (Å²) in [5.41, 5.74) is 0.602. The van der Waals surface area contributed by atoms with E-state index in [0.29, 0.717) is 17.1 Å². The predicted octanol–water partition coefficient (Wildman–Crippen LogP) is 3.52. The minimum Gasteiger partial charge on any atom is -0.310 e. The second-order valence-electron chi connectivity index (χ2n) is 5.49. The van der Waals surface area contributed by atoms with Crippen molar-refractivity contribution in [2.45, 2.75) is 51.2 Å². The third-order valence-corrected chi connectivity index (χ3v) is 6.20. The van der Waals surface area contributed by atoms with Gasteiger partial charge in [0.15, 0.2) is 0 Å². The van der Waals surface area contributed by atoms with Crippen LogP contribution in [0, 0.1) is 0 Å². The highest BCUT2D eigenvalue weighted by Crippen LogP contribution is 2.32. The lowest BCUT2D eigenvalue weighted by atomic mass is 10.2. The average molecular weight is 353 g/mol. The van der Waals surface area contributed by atoms with E-state index in [1.54, 1.807) is 6.07 Å². The first-order valence-electron chi connectivity index (χ1n) is 6.77. The van der Waals surface area contributed by atoms with Crippen LogP contribution in [0.3, 0.4) is 0 Å². The third-order valence-electron chi connectivity index (χ3n) is 3.22. The standard InChI is InChI=1S/C14H22Cl2N2O2S/c1-9(2)17-8-11-12(15)6-7-13(14(11)16)21(19,20)18(5)10(3)4/h6-7,9-10,17H,8H2,1-5H3. The summed E-state index contributed by atoms with van der Waals surface area (Å²) in [6.07, 6.45) is 0. The Kier molecular flexibility index (Phi) is 6.50. The molecule has 1 rings (SSSR count). The monoisotopic (exact) mass is 352 g/mol. The van der Waals surface area contributed by atoms with Crippen LogP contribution >= 0.6 is 23.2 Å². The van der Waals surface area contributed by atoms with Crippen molar-refractivity contribution < 1.29 is 8.42 Å². The molecule has 0 spiro atoms. The second-order valence-corrected chi connectivity index (χ2v) is 8.24. The van der Waals surface area contributed by atoms with Gasteiger partial charge in [-0.05, 0) is 26.0 Å². The Bertz CT molecular complexity index is 601. The summed E-state index contributed by atoms with van der Waals surface area (Å²) in [5.74, 6) is 0. The molecule has 0 amide bonds. The summed E-state index contributed by atoms with van der Waals surface area (Å²) in [4.78, 5) is 0.0883. The van der Waals surface area contributed by atoms with Gasteiger partial charge in [-0.15, -0.1) is 0 Å². The quantitative estimate of drug-likeness (QED) is 0.851. The van der Waals surface area contributed by atoms with Crippen LogP contribution in [-0.4, -0.2) is 31.9 Å². The molecule has 0 aliphatic heterocycles. The number of hydrogen-bond donors (Lipinski definition) is 1. The molecule has 0 radical (unpaired) electrons. The maximum absolute atomic E-state index is 12.6. The largest absolute Gasteiger partial charge is 0.310 e. The highest BCUT2D eigenvalue weighted by Gasteiger charge is 2.27. The van der Waals surface area contributed by atoms with Crippen LogP contribution in [-0.2, 0) is 16.6 Å². The van der Waals surface area contributed by atoms with Crippen molar-refractivity contribution in [2.75, 3.05) is 7.05 Å². The van der Waals surface area contributed by atoms with Crippen molar-refractivity contribution in [2.24, 2.45) is 0 Å². The smallest absolute Gasteiger partial charge is 0.244 e. The lowest BCUT2D eigenvalue weighted by Crippen LogP contribution is -2.33. The van der Waals surface area contributed by atoms with E-state index in [1.165, 1.54) is 17.4 Å². The van der Waals surface area contributed by atoms with Gasteiger partial charge in [-0.25, -0.2) is 8.42 Å². The maximum Gasteiger partial charge on any atom is 0.244 e. The predicted molar refractivity (Wildman–Crippen MR) is 88.5 cm³/mol. The number of nitrogens with zero attached hydrogens (tertiary/aromatic N) is 1. The van der Waals surface area contributed by atoms with E-state index >= 15 is 0 Å². The molecule has 0 fully saturated rings. The Labute approximate surface area is 137 Å². The second kappa shape index (κ2) is 7.29. The highest BCUT2D eigenvalue weighted by atomic mass is 35.5. The molecule has 1 N–H and O–H groups in total. The first kappa shape index (κ1) is 18.7. The minimum absolute atomic E-state index is 0.0883. The molecule has 1 aromatic carbocycles. The lowest BCUT2D eigenvalue weighted by molar-refractivity contribution is 0.410. The Hall–Kier alpha value is -0.330. The van der Waals surface area contributed by atoms with E-state index in [9.17, 15) is 8.42 Å². The zero-order valence-corrected chi connectivity index (χ0v) is 15.3. The van der Waals surface area contributed by atoms with E-state index in [4.69, 9.17) is 23.2 Å². The molecule has 1 aromatic rings. The van der Waals surface area contributed by atoms with Gasteiger partial charge in [0.1, 0.15) is 4.90 Å². The fourth-order valence-electron chi connectivity index (χ4n) is 1.68. The number of nitrogens with one attached hydrogen (secondary N) is 1. The molecule has 120 valence electrons. The Morgan fingerprint density at radius 2 is 1.76 bits per heavy atom. The normalized spacial score (nSPS) is 12.7. The number of benzene rings is 1. The Balaban J connectivity index is 3.30. The lowest BCUT2D eigenvalue weighted by Gasteiger charge is -2.22. The number of hydrogen-bond acceptors (Lipinski definition) is 3. The topological polar surface area (TPSA) is 49.4 Å². The van der Waals surface area contributed by atoms with Crippen molar-refractivity contribution in [1.29, 1.82) is 0 Å². The van der Waals surface area contributed by atoms with Gasteiger partial charge in [-0.3, -0.25) is 0 Å². The summed E-state index contributed by atoms with van der Waals surface area (Å²) in [7, 11) is -2.09. The molecular formula is C14H22Cl2N2O2S. The fraction of sp³-hybridized carbons (Fsp3) is 0.571. The van der Waals surface area contributed by atoms with E-state index < -0.39 is 10.0 Å². The molecule has 0 unspecified atom stereocenters. The molecule has 0 aliphatic rings. The molecule has 0 heterocycles. The van der Waals surface area contributed by atoms with Gasteiger partial charge in [0.2, 0.25) is 10.0 Å². The van der Waals surface area contributed by atoms with E-state index in [-0.39, 0.29) is 22.0 Å². The number of sulfonamides is 1.